The minimum atomic E-state index is -4.85. The quantitative estimate of drug-likeness (QED) is 0.0280. The molecule has 49 heavy (non-hydrogen) atoms. The Hall–Kier alpha value is -0.880. The molecule has 0 aromatic heterocycles. The molecule has 0 amide bonds. The maximum Gasteiger partial charge on any atom is 0.472 e. The highest BCUT2D eigenvalue weighted by molar-refractivity contribution is 7.47. The summed E-state index contributed by atoms with van der Waals surface area (Å²) in [5.41, 5.74) is 0. The molecule has 1 unspecified atom stereocenters. The van der Waals surface area contributed by atoms with Crippen LogP contribution in [0.5, 0.6) is 0 Å². The van der Waals surface area contributed by atoms with Crippen molar-refractivity contribution < 1.29 is 61.6 Å². The molecule has 0 aliphatic carbocycles. The van der Waals surface area contributed by atoms with E-state index in [0.717, 1.165) is 44.4 Å². The normalized spacial score (nSPS) is 14.6. The Kier molecular flexibility index (Phi) is 29.1. The minimum Gasteiger partial charge on any atom is -0.462 e. The predicted molar refractivity (Wildman–Crippen MR) is 189 cm³/mol. The van der Waals surface area contributed by atoms with Gasteiger partial charge in [0.1, 0.15) is 12.7 Å². The summed E-state index contributed by atoms with van der Waals surface area (Å²) in [6.07, 6.45) is 17.3. The molecule has 292 valence electrons. The molecule has 15 heteroatoms. The molecule has 0 aromatic rings. The van der Waals surface area contributed by atoms with Gasteiger partial charge >= 0.3 is 27.6 Å². The van der Waals surface area contributed by atoms with Gasteiger partial charge in [0, 0.05) is 12.8 Å². The fraction of sp³-hybridized carbons (Fsp3) is 0.941. The van der Waals surface area contributed by atoms with Crippen molar-refractivity contribution in [3.63, 3.8) is 0 Å². The maximum absolute atomic E-state index is 12.6. The molecular formula is C34H68O13P2. The van der Waals surface area contributed by atoms with E-state index in [4.69, 9.17) is 23.8 Å². The average molecular weight is 747 g/mol. The Morgan fingerprint density at radius 1 is 0.531 bits per heavy atom. The molecule has 0 spiro atoms. The van der Waals surface area contributed by atoms with E-state index in [0.29, 0.717) is 18.8 Å². The summed E-state index contributed by atoms with van der Waals surface area (Å²) in [7, 11) is -9.64. The first-order valence-corrected chi connectivity index (χ1v) is 21.5. The van der Waals surface area contributed by atoms with Gasteiger partial charge in [0.25, 0.3) is 0 Å². The summed E-state index contributed by atoms with van der Waals surface area (Å²) < 4.78 is 47.5. The molecule has 0 fully saturated rings. The molecule has 4 N–H and O–H groups in total. The van der Waals surface area contributed by atoms with Crippen molar-refractivity contribution in [3.8, 4) is 0 Å². The highest BCUT2D eigenvalue weighted by atomic mass is 31.2. The lowest BCUT2D eigenvalue weighted by atomic mass is 10.0. The maximum atomic E-state index is 12.6. The van der Waals surface area contributed by atoms with Crippen LogP contribution in [0.4, 0.5) is 0 Å². The van der Waals surface area contributed by atoms with Gasteiger partial charge < -0.3 is 29.3 Å². The molecule has 0 aromatic carbocycles. The first kappa shape index (κ1) is 48.1. The highest BCUT2D eigenvalue weighted by Crippen LogP contribution is 2.43. The van der Waals surface area contributed by atoms with Crippen LogP contribution >= 0.6 is 15.6 Å². The fourth-order valence-corrected chi connectivity index (χ4v) is 6.17. The minimum absolute atomic E-state index is 0.135. The number of phosphoric ester groups is 2. The Bertz CT molecular complexity index is 926. The summed E-state index contributed by atoms with van der Waals surface area (Å²) in [5.74, 6) is 0.441. The molecule has 0 saturated carbocycles. The van der Waals surface area contributed by atoms with Crippen LogP contribution in [0, 0.1) is 11.8 Å². The Morgan fingerprint density at radius 3 is 1.37 bits per heavy atom. The number of esters is 2. The zero-order chi connectivity index (χ0) is 37.0. The van der Waals surface area contributed by atoms with Gasteiger partial charge in [-0.3, -0.25) is 23.2 Å². The summed E-state index contributed by atoms with van der Waals surface area (Å²) in [5, 5.41) is 9.69. The van der Waals surface area contributed by atoms with Crippen LogP contribution in [0.1, 0.15) is 156 Å². The molecule has 0 heterocycles. The van der Waals surface area contributed by atoms with Crippen molar-refractivity contribution in [2.24, 2.45) is 11.8 Å². The van der Waals surface area contributed by atoms with E-state index in [1.54, 1.807) is 0 Å². The average Bonchev–Trinajstić information content (AvgIpc) is 3.01. The highest BCUT2D eigenvalue weighted by Gasteiger charge is 2.28. The second-order valence-electron chi connectivity index (χ2n) is 13.8. The van der Waals surface area contributed by atoms with E-state index in [1.165, 1.54) is 64.2 Å². The number of aliphatic hydroxyl groups is 1. The third-order valence-electron chi connectivity index (χ3n) is 7.84. The van der Waals surface area contributed by atoms with E-state index in [1.807, 2.05) is 0 Å². The summed E-state index contributed by atoms with van der Waals surface area (Å²) in [4.78, 5) is 52.3. The van der Waals surface area contributed by atoms with Gasteiger partial charge in [-0.2, -0.15) is 0 Å². The Morgan fingerprint density at radius 2 is 0.918 bits per heavy atom. The summed E-state index contributed by atoms with van der Waals surface area (Å²) in [6.45, 7) is 6.25. The number of carbonyl (C=O) groups excluding carboxylic acids is 2. The molecule has 0 aliphatic rings. The van der Waals surface area contributed by atoms with Gasteiger partial charge in [-0.15, -0.1) is 0 Å². The van der Waals surface area contributed by atoms with Gasteiger partial charge in [-0.05, 0) is 24.7 Å². The van der Waals surface area contributed by atoms with E-state index in [-0.39, 0.29) is 19.4 Å². The molecule has 0 aliphatic heterocycles. The van der Waals surface area contributed by atoms with Crippen LogP contribution in [0.15, 0.2) is 0 Å². The molecule has 3 atom stereocenters. The van der Waals surface area contributed by atoms with Crippen LogP contribution in [-0.4, -0.2) is 70.4 Å². The molecule has 13 nitrogen and oxygen atoms in total. The van der Waals surface area contributed by atoms with Crippen molar-refractivity contribution in [3.05, 3.63) is 0 Å². The van der Waals surface area contributed by atoms with Gasteiger partial charge in [-0.1, -0.05) is 130 Å². The number of carbonyl (C=O) groups is 2. The number of ether oxygens (including phenoxy) is 2. The molecular weight excluding hydrogens is 678 g/mol. The molecule has 0 saturated heterocycles. The first-order valence-electron chi connectivity index (χ1n) is 18.4. The number of hydrogen-bond acceptors (Lipinski definition) is 10. The first-order chi connectivity index (χ1) is 23.1. The van der Waals surface area contributed by atoms with E-state index in [2.05, 4.69) is 36.7 Å². The number of unbranched alkanes of at least 4 members (excludes halogenated alkanes) is 14. The second-order valence-corrected chi connectivity index (χ2v) is 16.5. The van der Waals surface area contributed by atoms with Crippen LogP contribution in [0.3, 0.4) is 0 Å². The topological polar surface area (TPSA) is 195 Å². The van der Waals surface area contributed by atoms with Crippen molar-refractivity contribution in [2.45, 2.75) is 168 Å². The van der Waals surface area contributed by atoms with Crippen molar-refractivity contribution in [1.29, 1.82) is 0 Å². The largest absolute Gasteiger partial charge is 0.472 e. The smallest absolute Gasteiger partial charge is 0.462 e. The van der Waals surface area contributed by atoms with Crippen LogP contribution in [0.2, 0.25) is 0 Å². The van der Waals surface area contributed by atoms with Gasteiger partial charge in [-0.25, -0.2) is 9.13 Å². The lowest BCUT2D eigenvalue weighted by Crippen LogP contribution is -2.30. The number of rotatable bonds is 34. The number of aliphatic hydroxyl groups excluding tert-OH is 1. The van der Waals surface area contributed by atoms with Crippen LogP contribution in [0.25, 0.3) is 0 Å². The summed E-state index contributed by atoms with van der Waals surface area (Å²) in [6, 6.07) is 0. The van der Waals surface area contributed by atoms with Crippen molar-refractivity contribution in [1.82, 2.24) is 0 Å². The zero-order valence-corrected chi connectivity index (χ0v) is 32.4. The molecule has 0 bridgehead atoms. The van der Waals surface area contributed by atoms with Gasteiger partial charge in [0.05, 0.1) is 19.8 Å². The zero-order valence-electron chi connectivity index (χ0n) is 30.6. The predicted octanol–water partition coefficient (Wildman–Crippen LogP) is 8.16. The van der Waals surface area contributed by atoms with Gasteiger partial charge in [0.15, 0.2) is 6.10 Å². The summed E-state index contributed by atoms with van der Waals surface area (Å²) >= 11 is 0. The number of phosphoric acid groups is 2. The third kappa shape index (κ3) is 35.3. The molecule has 0 radical (unpaired) electrons. The number of hydrogen-bond donors (Lipinski definition) is 4. The van der Waals surface area contributed by atoms with Gasteiger partial charge in [0.2, 0.25) is 0 Å². The van der Waals surface area contributed by atoms with Crippen molar-refractivity contribution >= 4 is 27.6 Å². The van der Waals surface area contributed by atoms with Crippen LogP contribution in [-0.2, 0) is 41.8 Å². The van der Waals surface area contributed by atoms with E-state index < -0.39 is 59.6 Å². The standard InChI is InChI=1S/C34H68O13P2/c1-29(2)21-17-13-9-7-5-6-8-10-16-20-24-34(37)47-32(27-43-33(36)23-19-15-12-11-14-18-22-30(3)4)28-46-49(41,42)45-26-31(35)25-44-48(38,39)40/h29-32,35H,5-28H2,1-4H3,(H,41,42)(H2,38,39,40)/t31-,32+/m0/s1. The van der Waals surface area contributed by atoms with E-state index >= 15 is 0 Å². The lowest BCUT2D eigenvalue weighted by molar-refractivity contribution is -0.161. The monoisotopic (exact) mass is 746 g/mol. The van der Waals surface area contributed by atoms with Crippen LogP contribution < -0.4 is 0 Å². The SMILES string of the molecule is CC(C)CCCCCCCCCCCCC(=O)O[C@H](COC(=O)CCCCCCCCC(C)C)COP(=O)(O)OC[C@@H](O)COP(=O)(O)O. The van der Waals surface area contributed by atoms with E-state index in [9.17, 15) is 28.7 Å². The second kappa shape index (κ2) is 29.7. The Labute approximate surface area is 295 Å². The van der Waals surface area contributed by atoms with Crippen molar-refractivity contribution in [2.75, 3.05) is 26.4 Å². The fourth-order valence-electron chi connectivity index (χ4n) is 5.01. The third-order valence-corrected chi connectivity index (χ3v) is 9.28. The molecule has 0 rings (SSSR count). The Balaban J connectivity index is 4.59. The lowest BCUT2D eigenvalue weighted by Gasteiger charge is -2.20.